The summed E-state index contributed by atoms with van der Waals surface area (Å²) >= 11 is 0. The smallest absolute Gasteiger partial charge is 0.325 e. The predicted molar refractivity (Wildman–Crippen MR) is 232 cm³/mol. The van der Waals surface area contributed by atoms with Crippen molar-refractivity contribution in [2.45, 2.75) is 120 Å². The van der Waals surface area contributed by atoms with E-state index in [0.29, 0.717) is 36.8 Å². The van der Waals surface area contributed by atoms with Gasteiger partial charge in [-0.05, 0) is 69.1 Å². The van der Waals surface area contributed by atoms with Crippen molar-refractivity contribution in [3.63, 3.8) is 0 Å². The molecule has 3 aromatic rings. The molecular formula is C44H57N11O8. The molecule has 1 spiro atoms. The lowest BCUT2D eigenvalue weighted by molar-refractivity contribution is -0.144. The number of rotatable bonds is 9. The predicted octanol–water partition coefficient (Wildman–Crippen LogP) is 0.668. The van der Waals surface area contributed by atoms with Crippen LogP contribution in [0.1, 0.15) is 82.3 Å². The SMILES string of the molecule is CC(=O)[C@@H]1CCCCNC(=O)C[C@@H]2NC(=O)N(C2=O)C2(CCCC2)C(=O)N[C@H](Cc2ccccc2)C(=O)N[C@@H](CCCNC(=N)N)C(=O)N[C@@H](Cc2c[nH]c3ccccc23)C(=O)N1. The summed E-state index contributed by atoms with van der Waals surface area (Å²) in [7, 11) is 0. The zero-order valence-corrected chi connectivity index (χ0v) is 35.4. The Morgan fingerprint density at radius 3 is 2.21 bits per heavy atom. The van der Waals surface area contributed by atoms with Gasteiger partial charge in [-0.15, -0.1) is 0 Å². The van der Waals surface area contributed by atoms with Gasteiger partial charge in [0.2, 0.25) is 29.5 Å². The number of guanidine groups is 1. The van der Waals surface area contributed by atoms with Crippen molar-refractivity contribution in [2.75, 3.05) is 13.1 Å². The number of imide groups is 1. The molecule has 3 fully saturated rings. The molecule has 6 rings (SSSR count). The average molecular weight is 868 g/mol. The van der Waals surface area contributed by atoms with E-state index in [1.165, 1.54) is 6.92 Å². The molecule has 3 aliphatic rings. The summed E-state index contributed by atoms with van der Waals surface area (Å²) in [5, 5.41) is 27.7. The Labute approximate surface area is 364 Å². The van der Waals surface area contributed by atoms with Gasteiger partial charge in [-0.25, -0.2) is 9.69 Å². The first-order valence-electron chi connectivity index (χ1n) is 21.6. The van der Waals surface area contributed by atoms with Crippen molar-refractivity contribution in [1.29, 1.82) is 5.41 Å². The molecule has 63 heavy (non-hydrogen) atoms. The van der Waals surface area contributed by atoms with Crippen LogP contribution in [0.4, 0.5) is 4.79 Å². The summed E-state index contributed by atoms with van der Waals surface area (Å²) in [4.78, 5) is 115. The van der Waals surface area contributed by atoms with E-state index in [1.807, 2.05) is 24.3 Å². The number of nitrogens with one attached hydrogen (secondary N) is 9. The summed E-state index contributed by atoms with van der Waals surface area (Å²) in [6.45, 7) is 1.72. The molecule has 11 N–H and O–H groups in total. The number of nitrogens with zero attached hydrogens (tertiary/aromatic N) is 1. The largest absolute Gasteiger partial charge is 0.370 e. The fraction of sp³-hybridized carbons (Fsp3) is 0.477. The fourth-order valence-electron chi connectivity index (χ4n) is 8.62. The minimum atomic E-state index is -1.65. The van der Waals surface area contributed by atoms with E-state index < -0.39 is 77.2 Å². The number of hydrogen-bond donors (Lipinski definition) is 10. The van der Waals surface area contributed by atoms with Crippen LogP contribution < -0.4 is 43.0 Å². The van der Waals surface area contributed by atoms with Gasteiger partial charge < -0.3 is 47.9 Å². The highest BCUT2D eigenvalue weighted by atomic mass is 16.2. The zero-order valence-electron chi connectivity index (χ0n) is 35.4. The Balaban J connectivity index is 1.36. The Kier molecular flexibility index (Phi) is 15.1. The lowest BCUT2D eigenvalue weighted by atomic mass is 9.92. The number of hydrogen-bond acceptors (Lipinski definition) is 9. The summed E-state index contributed by atoms with van der Waals surface area (Å²) < 4.78 is 0. The van der Waals surface area contributed by atoms with E-state index in [2.05, 4.69) is 42.2 Å². The zero-order chi connectivity index (χ0) is 45.1. The summed E-state index contributed by atoms with van der Waals surface area (Å²) in [6.07, 6.45) is 3.97. The fourth-order valence-corrected chi connectivity index (χ4v) is 8.62. The molecule has 0 radical (unpaired) electrons. The molecule has 3 heterocycles. The highest BCUT2D eigenvalue weighted by Crippen LogP contribution is 2.38. The van der Waals surface area contributed by atoms with Gasteiger partial charge in [-0.1, -0.05) is 61.4 Å². The molecular weight excluding hydrogens is 811 g/mol. The quantitative estimate of drug-likeness (QED) is 0.0621. The molecule has 0 unspecified atom stereocenters. The van der Waals surface area contributed by atoms with E-state index in [4.69, 9.17) is 11.1 Å². The van der Waals surface area contributed by atoms with Gasteiger partial charge in [-0.2, -0.15) is 0 Å². The van der Waals surface area contributed by atoms with E-state index in [-0.39, 0.29) is 76.2 Å². The number of ketones is 1. The number of benzene rings is 2. The van der Waals surface area contributed by atoms with E-state index in [9.17, 15) is 38.4 Å². The van der Waals surface area contributed by atoms with Crippen LogP contribution in [0.25, 0.3) is 10.9 Å². The third-order valence-electron chi connectivity index (χ3n) is 12.0. The third kappa shape index (κ3) is 11.4. The molecule has 2 aliphatic heterocycles. The first-order valence-corrected chi connectivity index (χ1v) is 21.6. The molecule has 336 valence electrons. The molecule has 2 aromatic carbocycles. The number of carbonyl (C=O) groups is 8. The van der Waals surface area contributed by atoms with Gasteiger partial charge in [-0.3, -0.25) is 39.0 Å². The molecule has 19 nitrogen and oxygen atoms in total. The van der Waals surface area contributed by atoms with Crippen LogP contribution in [0.5, 0.6) is 0 Å². The highest BCUT2D eigenvalue weighted by molar-refractivity contribution is 6.10. The first kappa shape index (κ1) is 45.7. The second-order valence-electron chi connectivity index (χ2n) is 16.5. The first-order chi connectivity index (χ1) is 30.2. The van der Waals surface area contributed by atoms with Crippen molar-refractivity contribution >= 4 is 64.1 Å². The van der Waals surface area contributed by atoms with Crippen LogP contribution in [-0.2, 0) is 46.4 Å². The molecule has 1 saturated carbocycles. The maximum Gasteiger partial charge on any atom is 0.325 e. The minimum absolute atomic E-state index is 0.0158. The molecule has 5 atom stereocenters. The van der Waals surface area contributed by atoms with Crippen molar-refractivity contribution in [2.24, 2.45) is 5.73 Å². The molecule has 1 aliphatic carbocycles. The van der Waals surface area contributed by atoms with Crippen LogP contribution >= 0.6 is 0 Å². The molecule has 8 amide bonds. The van der Waals surface area contributed by atoms with E-state index >= 15 is 0 Å². The molecule has 19 heteroatoms. The van der Waals surface area contributed by atoms with Crippen LogP contribution in [0.15, 0.2) is 60.8 Å². The Bertz CT molecular complexity index is 2200. The number of Topliss-reactive ketones (excluding diaryl/α,β-unsaturated/α-hetero) is 1. The Morgan fingerprint density at radius 1 is 0.810 bits per heavy atom. The number of para-hydroxylation sites is 1. The second-order valence-corrected chi connectivity index (χ2v) is 16.5. The Morgan fingerprint density at radius 2 is 1.48 bits per heavy atom. The van der Waals surface area contributed by atoms with E-state index in [0.717, 1.165) is 15.8 Å². The van der Waals surface area contributed by atoms with Crippen LogP contribution in [0, 0.1) is 5.41 Å². The van der Waals surface area contributed by atoms with Crippen molar-refractivity contribution < 1.29 is 38.4 Å². The topological polar surface area (TPSA) is 290 Å². The highest BCUT2D eigenvalue weighted by Gasteiger charge is 2.56. The minimum Gasteiger partial charge on any atom is -0.370 e. The second kappa shape index (κ2) is 20.9. The van der Waals surface area contributed by atoms with Gasteiger partial charge in [0.25, 0.3) is 5.91 Å². The van der Waals surface area contributed by atoms with Crippen LogP contribution in [-0.4, -0.2) is 112 Å². The maximum absolute atomic E-state index is 14.6. The number of H-pyrrole nitrogens is 1. The number of carbonyl (C=O) groups excluding carboxylic acids is 8. The normalized spacial score (nSPS) is 24.2. The lowest BCUT2D eigenvalue weighted by Gasteiger charge is -2.36. The van der Waals surface area contributed by atoms with E-state index in [1.54, 1.807) is 36.5 Å². The van der Waals surface area contributed by atoms with Crippen LogP contribution in [0.3, 0.4) is 0 Å². The number of urea groups is 1. The number of nitrogens with two attached hydrogens (primary N) is 1. The maximum atomic E-state index is 14.6. The Hall–Kier alpha value is -6.79. The third-order valence-corrected chi connectivity index (χ3v) is 12.0. The van der Waals surface area contributed by atoms with Gasteiger partial charge in [0.1, 0.15) is 29.7 Å². The molecule has 2 bridgehead atoms. The standard InChI is InChI=1S/C44H57N11O8/c1-26(56)30-15-7-10-20-47-36(57)24-35-40(61)55(43(63)54-35)44(18-8-9-19-44)41(62)53-33(22-27-12-3-2-4-13-27)38(59)51-32(17-11-21-48-42(45)46)37(58)52-34(39(60)50-30)23-28-25-49-31-16-6-5-14-29(28)31/h2-6,12-14,16,25,30,32-35,49H,7-11,15,17-24H2,1H3,(H,47,57)(H,50,60)(H,51,59)(H,52,58)(H,53,62)(H,54,63)(H4,45,46,48)/t30-,32-,33+,34-,35-/m0/s1. The molecule has 2 saturated heterocycles. The van der Waals surface area contributed by atoms with Gasteiger partial charge in [0, 0.05) is 43.0 Å². The van der Waals surface area contributed by atoms with Crippen molar-refractivity contribution in [3.05, 3.63) is 71.9 Å². The average Bonchev–Trinajstić information content (AvgIpc) is 3.98. The van der Waals surface area contributed by atoms with Gasteiger partial charge in [0.15, 0.2) is 11.7 Å². The summed E-state index contributed by atoms with van der Waals surface area (Å²) in [5.41, 5.74) is 6.05. The lowest BCUT2D eigenvalue weighted by Crippen LogP contribution is -2.63. The summed E-state index contributed by atoms with van der Waals surface area (Å²) in [6, 6.07) is 9.55. The molecule has 1 aromatic heterocycles. The van der Waals surface area contributed by atoms with Crippen LogP contribution in [0.2, 0.25) is 0 Å². The number of amides is 8. The number of aromatic amines is 1. The van der Waals surface area contributed by atoms with Gasteiger partial charge >= 0.3 is 6.03 Å². The number of fused-ring (bicyclic) bond motifs is 4. The van der Waals surface area contributed by atoms with Crippen molar-refractivity contribution in [1.82, 2.24) is 47.1 Å². The number of aromatic nitrogens is 1. The van der Waals surface area contributed by atoms with Gasteiger partial charge in [0.05, 0.1) is 12.5 Å². The van der Waals surface area contributed by atoms with Crippen molar-refractivity contribution in [3.8, 4) is 0 Å². The summed E-state index contributed by atoms with van der Waals surface area (Å²) in [5.74, 6) is -4.67. The monoisotopic (exact) mass is 867 g/mol.